The summed E-state index contributed by atoms with van der Waals surface area (Å²) in [6.45, 7) is 5.28. The van der Waals surface area contributed by atoms with Crippen molar-refractivity contribution in [2.24, 2.45) is 0 Å². The number of nitrogens with one attached hydrogen (secondary N) is 2. The van der Waals surface area contributed by atoms with E-state index in [-0.39, 0.29) is 36.0 Å². The average Bonchev–Trinajstić information content (AvgIpc) is 3.48. The van der Waals surface area contributed by atoms with Gasteiger partial charge in [-0.1, -0.05) is 30.3 Å². The van der Waals surface area contributed by atoms with E-state index in [0.717, 1.165) is 0 Å². The highest BCUT2D eigenvalue weighted by atomic mass is 32.1. The molecular formula is C31H29N5O5S. The fourth-order valence-electron chi connectivity index (χ4n) is 4.30. The van der Waals surface area contributed by atoms with E-state index < -0.39 is 17.5 Å². The molecule has 10 nitrogen and oxygen atoms in total. The number of anilines is 2. The summed E-state index contributed by atoms with van der Waals surface area (Å²) < 4.78 is 0. The predicted molar refractivity (Wildman–Crippen MR) is 161 cm³/mol. The van der Waals surface area contributed by atoms with Gasteiger partial charge in [0.25, 0.3) is 5.91 Å². The van der Waals surface area contributed by atoms with Crippen molar-refractivity contribution >= 4 is 40.7 Å². The van der Waals surface area contributed by atoms with Crippen LogP contribution in [-0.4, -0.2) is 50.1 Å². The summed E-state index contributed by atoms with van der Waals surface area (Å²) in [6.07, 6.45) is -1.16. The van der Waals surface area contributed by atoms with Crippen LogP contribution in [0.15, 0.2) is 72.1 Å². The summed E-state index contributed by atoms with van der Waals surface area (Å²) >= 11 is 1.24. The number of rotatable bonds is 8. The fraction of sp³-hybridized carbons (Fsp3) is 0.194. The molecule has 0 fully saturated rings. The second-order valence-corrected chi connectivity index (χ2v) is 11.3. The number of benzene rings is 2. The molecule has 0 aliphatic carbocycles. The molecule has 0 unspecified atom stereocenters. The Morgan fingerprint density at radius 2 is 1.76 bits per heavy atom. The summed E-state index contributed by atoms with van der Waals surface area (Å²) in [5.74, 6) is -0.808. The molecule has 0 aliphatic heterocycles. The van der Waals surface area contributed by atoms with Gasteiger partial charge in [0.15, 0.2) is 5.82 Å². The molecule has 0 saturated heterocycles. The standard InChI is InChI=1S/C31H29N5O5S/c1-31(2,3)36(30(40)41)14-13-27(38)33-20-9-6-8-19(16-20)22-17-24(21-10-4-5-11-25(21)37)34-28(23(22)18-32)35-29(39)26-12-7-15-42-26/h4-12,15-17,37H,13-14H2,1-3H3,(H,33,38)(H,40,41)(H,34,35,39). The Bertz CT molecular complexity index is 1670. The quantitative estimate of drug-likeness (QED) is 0.187. The fourth-order valence-corrected chi connectivity index (χ4v) is 4.92. The molecule has 11 heteroatoms. The van der Waals surface area contributed by atoms with Crippen molar-refractivity contribution in [2.45, 2.75) is 32.7 Å². The van der Waals surface area contributed by atoms with Crippen LogP contribution in [0.4, 0.5) is 16.3 Å². The van der Waals surface area contributed by atoms with Crippen LogP contribution >= 0.6 is 11.3 Å². The maximum Gasteiger partial charge on any atom is 0.407 e. The van der Waals surface area contributed by atoms with Gasteiger partial charge in [-0.3, -0.25) is 9.59 Å². The minimum atomic E-state index is -1.11. The van der Waals surface area contributed by atoms with E-state index in [1.165, 1.54) is 22.3 Å². The lowest BCUT2D eigenvalue weighted by Crippen LogP contribution is -2.46. The van der Waals surface area contributed by atoms with Gasteiger partial charge in [0.05, 0.1) is 10.6 Å². The zero-order valence-corrected chi connectivity index (χ0v) is 24.0. The zero-order chi connectivity index (χ0) is 30.4. The summed E-state index contributed by atoms with van der Waals surface area (Å²) in [4.78, 5) is 43.4. The number of phenols is 1. The highest BCUT2D eigenvalue weighted by Crippen LogP contribution is 2.36. The van der Waals surface area contributed by atoms with Gasteiger partial charge in [0.2, 0.25) is 5.91 Å². The molecule has 4 rings (SSSR count). The van der Waals surface area contributed by atoms with E-state index in [2.05, 4.69) is 21.7 Å². The predicted octanol–water partition coefficient (Wildman–Crippen LogP) is 6.41. The van der Waals surface area contributed by atoms with Gasteiger partial charge >= 0.3 is 6.09 Å². The van der Waals surface area contributed by atoms with Crippen LogP contribution in [0.1, 0.15) is 42.4 Å². The highest BCUT2D eigenvalue weighted by molar-refractivity contribution is 7.12. The van der Waals surface area contributed by atoms with Gasteiger partial charge in [0.1, 0.15) is 17.4 Å². The van der Waals surface area contributed by atoms with E-state index in [1.807, 2.05) is 0 Å². The number of nitriles is 1. The van der Waals surface area contributed by atoms with E-state index in [1.54, 1.807) is 86.8 Å². The monoisotopic (exact) mass is 583 g/mol. The van der Waals surface area contributed by atoms with Crippen LogP contribution in [0.2, 0.25) is 0 Å². The van der Waals surface area contributed by atoms with Gasteiger partial charge in [-0.15, -0.1) is 11.3 Å². The first-order valence-corrected chi connectivity index (χ1v) is 13.8. The number of carboxylic acid groups (broad SMARTS) is 1. The Morgan fingerprint density at radius 3 is 2.40 bits per heavy atom. The first kappa shape index (κ1) is 29.8. The van der Waals surface area contributed by atoms with Crippen molar-refractivity contribution in [3.63, 3.8) is 0 Å². The molecule has 4 aromatic rings. The van der Waals surface area contributed by atoms with Crippen molar-refractivity contribution in [1.29, 1.82) is 5.26 Å². The number of carbonyl (C=O) groups is 3. The molecule has 3 amide bonds. The second kappa shape index (κ2) is 12.5. The van der Waals surface area contributed by atoms with Crippen LogP contribution in [0.5, 0.6) is 5.75 Å². The number of phenolic OH excluding ortho intramolecular Hbond substituents is 1. The van der Waals surface area contributed by atoms with Crippen LogP contribution < -0.4 is 10.6 Å². The number of hydrogen-bond acceptors (Lipinski definition) is 7. The summed E-state index contributed by atoms with van der Waals surface area (Å²) in [6, 6.07) is 20.6. The van der Waals surface area contributed by atoms with Crippen molar-refractivity contribution in [3.8, 4) is 34.2 Å². The van der Waals surface area contributed by atoms with Crippen molar-refractivity contribution in [2.75, 3.05) is 17.2 Å². The van der Waals surface area contributed by atoms with E-state index in [4.69, 9.17) is 0 Å². The number of amides is 3. The van der Waals surface area contributed by atoms with Gasteiger partial charge in [-0.25, -0.2) is 9.78 Å². The molecule has 0 radical (unpaired) electrons. The Morgan fingerprint density at radius 1 is 1.00 bits per heavy atom. The molecule has 0 atom stereocenters. The normalized spacial score (nSPS) is 10.9. The second-order valence-electron chi connectivity index (χ2n) is 10.3. The third kappa shape index (κ3) is 6.92. The molecule has 0 saturated carbocycles. The summed E-state index contributed by atoms with van der Waals surface area (Å²) in [5, 5.41) is 37.5. The van der Waals surface area contributed by atoms with Gasteiger partial charge in [0, 0.05) is 35.3 Å². The number of para-hydroxylation sites is 1. The van der Waals surface area contributed by atoms with E-state index >= 15 is 0 Å². The Kier molecular flexibility index (Phi) is 8.88. The molecule has 4 N–H and O–H groups in total. The Hall–Kier alpha value is -5.21. The molecule has 214 valence electrons. The van der Waals surface area contributed by atoms with Crippen LogP contribution in [-0.2, 0) is 4.79 Å². The molecule has 2 heterocycles. The number of carbonyl (C=O) groups excluding carboxylic acids is 2. The molecule has 2 aromatic heterocycles. The average molecular weight is 584 g/mol. The lowest BCUT2D eigenvalue weighted by molar-refractivity contribution is -0.116. The smallest absolute Gasteiger partial charge is 0.407 e. The van der Waals surface area contributed by atoms with Crippen molar-refractivity contribution in [1.82, 2.24) is 9.88 Å². The molecular weight excluding hydrogens is 554 g/mol. The van der Waals surface area contributed by atoms with Gasteiger partial charge < -0.3 is 25.7 Å². The lowest BCUT2D eigenvalue weighted by atomic mass is 9.97. The molecule has 42 heavy (non-hydrogen) atoms. The molecule has 0 aliphatic rings. The highest BCUT2D eigenvalue weighted by Gasteiger charge is 2.26. The largest absolute Gasteiger partial charge is 0.507 e. The Labute approximate surface area is 246 Å². The molecule has 2 aromatic carbocycles. The van der Waals surface area contributed by atoms with E-state index in [9.17, 15) is 29.9 Å². The number of thiophene rings is 1. The SMILES string of the molecule is CC(C)(C)N(CCC(=O)Nc1cccc(-c2cc(-c3ccccc3O)nc(NC(=O)c3cccs3)c2C#N)c1)C(=O)O. The van der Waals surface area contributed by atoms with E-state index in [0.29, 0.717) is 32.9 Å². The van der Waals surface area contributed by atoms with Gasteiger partial charge in [-0.05, 0) is 68.1 Å². The topological polar surface area (TPSA) is 156 Å². The van der Waals surface area contributed by atoms with Crippen molar-refractivity contribution < 1.29 is 24.6 Å². The number of aromatic hydroxyl groups is 1. The summed E-state index contributed by atoms with van der Waals surface area (Å²) in [7, 11) is 0. The first-order valence-electron chi connectivity index (χ1n) is 13.0. The Balaban J connectivity index is 1.70. The number of aromatic nitrogens is 1. The minimum Gasteiger partial charge on any atom is -0.507 e. The van der Waals surface area contributed by atoms with Crippen molar-refractivity contribution in [3.05, 3.63) is 82.6 Å². The zero-order valence-electron chi connectivity index (χ0n) is 23.2. The summed E-state index contributed by atoms with van der Waals surface area (Å²) in [5.41, 5.74) is 1.58. The minimum absolute atomic E-state index is 0.0184. The van der Waals surface area contributed by atoms with Gasteiger partial charge in [-0.2, -0.15) is 5.26 Å². The maximum absolute atomic E-state index is 12.9. The third-order valence-corrected chi connectivity index (χ3v) is 7.22. The number of nitrogens with zero attached hydrogens (tertiary/aromatic N) is 3. The van der Waals surface area contributed by atoms with Crippen LogP contribution in [0.3, 0.4) is 0 Å². The molecule has 0 bridgehead atoms. The van der Waals surface area contributed by atoms with Crippen LogP contribution in [0, 0.1) is 11.3 Å². The number of pyridine rings is 1. The lowest BCUT2D eigenvalue weighted by Gasteiger charge is -2.32. The molecule has 0 spiro atoms. The third-order valence-electron chi connectivity index (χ3n) is 6.35. The maximum atomic E-state index is 12.9. The van der Waals surface area contributed by atoms with Crippen LogP contribution in [0.25, 0.3) is 22.4 Å². The first-order chi connectivity index (χ1) is 20.0. The number of hydrogen-bond donors (Lipinski definition) is 4.